The molecule has 3 aliphatic rings. The van der Waals surface area contributed by atoms with E-state index in [0.717, 1.165) is 32.1 Å². The fraction of sp³-hybridized carbons (Fsp3) is 0.611. The van der Waals surface area contributed by atoms with Gasteiger partial charge in [-0.1, -0.05) is 13.0 Å². The number of aryl methyl sites for hydroxylation is 1. The molecule has 0 heterocycles. The number of hydrogen-bond donors (Lipinski definition) is 1. The monoisotopic (exact) mass is 270 g/mol. The first-order valence-corrected chi connectivity index (χ1v) is 7.95. The van der Waals surface area contributed by atoms with Gasteiger partial charge in [-0.05, 0) is 73.1 Å². The van der Waals surface area contributed by atoms with Crippen LogP contribution >= 0.6 is 0 Å². The third-order valence-electron chi connectivity index (χ3n) is 6.42. The Bertz CT molecular complexity index is 577. The molecule has 4 rings (SSSR count). The number of rotatable bonds is 0. The zero-order chi connectivity index (χ0) is 13.9. The van der Waals surface area contributed by atoms with Crippen molar-refractivity contribution in [2.75, 3.05) is 0 Å². The number of carbonyl (C=O) groups excluding carboxylic acids is 1. The van der Waals surface area contributed by atoms with E-state index in [-0.39, 0.29) is 5.41 Å². The smallest absolute Gasteiger partial charge is 0.139 e. The lowest BCUT2D eigenvalue weighted by Gasteiger charge is -2.48. The Kier molecular flexibility index (Phi) is 2.55. The van der Waals surface area contributed by atoms with Crippen LogP contribution in [-0.2, 0) is 11.2 Å². The Morgan fingerprint density at radius 2 is 2.05 bits per heavy atom. The summed E-state index contributed by atoms with van der Waals surface area (Å²) in [5, 5.41) is 9.67. The quantitative estimate of drug-likeness (QED) is 0.778. The van der Waals surface area contributed by atoms with Gasteiger partial charge in [-0.15, -0.1) is 0 Å². The largest absolute Gasteiger partial charge is 0.508 e. The van der Waals surface area contributed by atoms with Crippen LogP contribution in [0.15, 0.2) is 18.2 Å². The zero-order valence-electron chi connectivity index (χ0n) is 12.1. The van der Waals surface area contributed by atoms with Crippen molar-refractivity contribution in [2.45, 2.75) is 51.4 Å². The minimum atomic E-state index is -0.0322. The third kappa shape index (κ3) is 1.54. The number of ketones is 1. The predicted molar refractivity (Wildman–Crippen MR) is 77.7 cm³/mol. The van der Waals surface area contributed by atoms with E-state index in [1.807, 2.05) is 12.1 Å². The predicted octanol–water partition coefficient (Wildman–Crippen LogP) is 3.82. The molecule has 4 atom stereocenters. The van der Waals surface area contributed by atoms with Gasteiger partial charge < -0.3 is 5.11 Å². The molecule has 2 saturated carbocycles. The second-order valence-electron chi connectivity index (χ2n) is 7.22. The first-order chi connectivity index (χ1) is 9.59. The number of phenolic OH excluding ortho intramolecular Hbond substituents is 1. The molecular formula is C18H22O2. The minimum Gasteiger partial charge on any atom is -0.508 e. The molecule has 0 bridgehead atoms. The molecule has 20 heavy (non-hydrogen) atoms. The van der Waals surface area contributed by atoms with Gasteiger partial charge in [-0.3, -0.25) is 4.79 Å². The van der Waals surface area contributed by atoms with E-state index in [0.29, 0.717) is 29.3 Å². The summed E-state index contributed by atoms with van der Waals surface area (Å²) < 4.78 is 0. The molecule has 0 amide bonds. The van der Waals surface area contributed by atoms with Crippen LogP contribution in [0.25, 0.3) is 0 Å². The Labute approximate surface area is 120 Å². The fourth-order valence-corrected chi connectivity index (χ4v) is 5.34. The summed E-state index contributed by atoms with van der Waals surface area (Å²) in [7, 11) is 0. The second-order valence-corrected chi connectivity index (χ2v) is 7.22. The number of carbonyl (C=O) groups is 1. The molecule has 0 saturated heterocycles. The van der Waals surface area contributed by atoms with Crippen molar-refractivity contribution in [3.8, 4) is 5.75 Å². The van der Waals surface area contributed by atoms with Gasteiger partial charge in [0.05, 0.1) is 0 Å². The normalized spacial score (nSPS) is 39.0. The molecule has 2 heteroatoms. The minimum absolute atomic E-state index is 0.0322. The van der Waals surface area contributed by atoms with Crippen molar-refractivity contribution in [1.82, 2.24) is 0 Å². The lowest BCUT2D eigenvalue weighted by Crippen LogP contribution is -2.42. The van der Waals surface area contributed by atoms with Crippen molar-refractivity contribution in [3.05, 3.63) is 29.3 Å². The van der Waals surface area contributed by atoms with Crippen LogP contribution in [0, 0.1) is 17.3 Å². The maximum Gasteiger partial charge on any atom is 0.139 e. The fourth-order valence-electron chi connectivity index (χ4n) is 5.34. The number of benzene rings is 1. The summed E-state index contributed by atoms with van der Waals surface area (Å²) in [5.74, 6) is 2.78. The third-order valence-corrected chi connectivity index (χ3v) is 6.42. The molecular weight excluding hydrogens is 248 g/mol. The second kappa shape index (κ2) is 4.09. The highest BCUT2D eigenvalue weighted by molar-refractivity contribution is 5.87. The van der Waals surface area contributed by atoms with Crippen LogP contribution in [0.3, 0.4) is 0 Å². The lowest BCUT2D eigenvalue weighted by molar-refractivity contribution is -0.129. The zero-order valence-corrected chi connectivity index (χ0v) is 12.1. The van der Waals surface area contributed by atoms with Gasteiger partial charge in [0, 0.05) is 11.8 Å². The van der Waals surface area contributed by atoms with E-state index in [1.165, 1.54) is 17.5 Å². The van der Waals surface area contributed by atoms with Crippen molar-refractivity contribution in [1.29, 1.82) is 0 Å². The maximum absolute atomic E-state index is 12.3. The Hall–Kier alpha value is -1.31. The molecule has 0 spiro atoms. The Balaban J connectivity index is 1.73. The number of fused-ring (bicyclic) bond motifs is 5. The van der Waals surface area contributed by atoms with Crippen LogP contribution < -0.4 is 0 Å². The van der Waals surface area contributed by atoms with E-state index >= 15 is 0 Å². The van der Waals surface area contributed by atoms with E-state index in [9.17, 15) is 9.90 Å². The summed E-state index contributed by atoms with van der Waals surface area (Å²) >= 11 is 0. The van der Waals surface area contributed by atoms with Crippen molar-refractivity contribution in [3.63, 3.8) is 0 Å². The van der Waals surface area contributed by atoms with Crippen molar-refractivity contribution < 1.29 is 9.90 Å². The molecule has 2 nitrogen and oxygen atoms in total. The molecule has 0 aliphatic heterocycles. The topological polar surface area (TPSA) is 37.3 Å². The summed E-state index contributed by atoms with van der Waals surface area (Å²) in [6.45, 7) is 2.22. The summed E-state index contributed by atoms with van der Waals surface area (Å²) in [6.07, 6.45) is 6.34. The van der Waals surface area contributed by atoms with Crippen LogP contribution in [-0.4, -0.2) is 10.9 Å². The SMILES string of the molecule is C[C@]12CC[C@H]3c4ccc(O)cc4CC[C@@H]3[C@H]1CCC2=O. The van der Waals surface area contributed by atoms with Gasteiger partial charge in [0.15, 0.2) is 0 Å². The Morgan fingerprint density at radius 3 is 2.90 bits per heavy atom. The maximum atomic E-state index is 12.3. The van der Waals surface area contributed by atoms with Crippen LogP contribution in [0.4, 0.5) is 0 Å². The van der Waals surface area contributed by atoms with Gasteiger partial charge >= 0.3 is 0 Å². The molecule has 106 valence electrons. The Morgan fingerprint density at radius 1 is 1.20 bits per heavy atom. The number of aromatic hydroxyl groups is 1. The van der Waals surface area contributed by atoms with Gasteiger partial charge in [-0.25, -0.2) is 0 Å². The van der Waals surface area contributed by atoms with E-state index in [2.05, 4.69) is 13.0 Å². The molecule has 0 radical (unpaired) electrons. The average molecular weight is 270 g/mol. The summed E-state index contributed by atoms with van der Waals surface area (Å²) in [5.41, 5.74) is 2.75. The lowest BCUT2D eigenvalue weighted by atomic mass is 9.55. The highest BCUT2D eigenvalue weighted by atomic mass is 16.3. The molecule has 0 aromatic heterocycles. The summed E-state index contributed by atoms with van der Waals surface area (Å²) in [6, 6.07) is 5.90. The number of hydrogen-bond acceptors (Lipinski definition) is 2. The summed E-state index contributed by atoms with van der Waals surface area (Å²) in [4.78, 5) is 12.3. The van der Waals surface area contributed by atoms with Crippen LogP contribution in [0.1, 0.15) is 56.1 Å². The van der Waals surface area contributed by atoms with Gasteiger partial charge in [0.25, 0.3) is 0 Å². The van der Waals surface area contributed by atoms with Gasteiger partial charge in [0.2, 0.25) is 0 Å². The highest BCUT2D eigenvalue weighted by Crippen LogP contribution is 2.59. The van der Waals surface area contributed by atoms with E-state index in [4.69, 9.17) is 0 Å². The van der Waals surface area contributed by atoms with E-state index < -0.39 is 0 Å². The first-order valence-electron chi connectivity index (χ1n) is 7.95. The molecule has 0 unspecified atom stereocenters. The number of Topliss-reactive ketones (excluding diaryl/α,β-unsaturated/α-hetero) is 1. The average Bonchev–Trinajstić information content (AvgIpc) is 2.74. The molecule has 3 aliphatic carbocycles. The van der Waals surface area contributed by atoms with Crippen molar-refractivity contribution >= 4 is 5.78 Å². The highest BCUT2D eigenvalue weighted by Gasteiger charge is 2.54. The van der Waals surface area contributed by atoms with E-state index in [1.54, 1.807) is 0 Å². The van der Waals surface area contributed by atoms with Crippen LogP contribution in [0.2, 0.25) is 0 Å². The molecule has 1 aromatic carbocycles. The van der Waals surface area contributed by atoms with Crippen molar-refractivity contribution in [2.24, 2.45) is 17.3 Å². The van der Waals surface area contributed by atoms with Gasteiger partial charge in [-0.2, -0.15) is 0 Å². The first kappa shape index (κ1) is 12.4. The number of phenols is 1. The van der Waals surface area contributed by atoms with Gasteiger partial charge in [0.1, 0.15) is 11.5 Å². The molecule has 1 aromatic rings. The molecule has 1 N–H and O–H groups in total. The van der Waals surface area contributed by atoms with Crippen LogP contribution in [0.5, 0.6) is 5.75 Å². The molecule has 2 fully saturated rings. The standard InChI is InChI=1S/C18H22O2/c1-18-9-8-14-13-5-3-12(19)10-11(13)2-4-15(14)16(18)6-7-17(18)20/h3,5,10,14-16,19H,2,4,6-9H2,1H3/t14-,15-,16+,18-/m0/s1.